The summed E-state index contributed by atoms with van der Waals surface area (Å²) in [5.41, 5.74) is 2.91. The van der Waals surface area contributed by atoms with Crippen LogP contribution in [0, 0.1) is 0 Å². The quantitative estimate of drug-likeness (QED) is 0.532. The van der Waals surface area contributed by atoms with Gasteiger partial charge in [-0.15, -0.1) is 0 Å². The molecule has 2 aromatic rings. The Hall–Kier alpha value is -2.69. The lowest BCUT2D eigenvalue weighted by molar-refractivity contribution is 0.331. The summed E-state index contributed by atoms with van der Waals surface area (Å²) < 4.78 is 11.8. The molecule has 0 saturated heterocycles. The minimum absolute atomic E-state index is 0.0112. The molecule has 2 N–H and O–H groups in total. The van der Waals surface area contributed by atoms with Crippen LogP contribution in [0.15, 0.2) is 32.5 Å². The molecule has 0 bridgehead atoms. The van der Waals surface area contributed by atoms with Crippen LogP contribution in [0.2, 0.25) is 0 Å². The molecule has 0 unspecified atom stereocenters. The Labute approximate surface area is 184 Å². The van der Waals surface area contributed by atoms with E-state index >= 15 is 0 Å². The number of methoxy groups -OCH3 is 1. The van der Waals surface area contributed by atoms with Gasteiger partial charge in [0.1, 0.15) is 22.5 Å². The molecule has 1 heterocycles. The van der Waals surface area contributed by atoms with Crippen molar-refractivity contribution in [3.8, 4) is 17.2 Å². The molecule has 1 aromatic heterocycles. The lowest BCUT2D eigenvalue weighted by atomic mass is 9.86. The molecule has 168 valence electrons. The Morgan fingerprint density at radius 2 is 1.55 bits per heavy atom. The van der Waals surface area contributed by atoms with Gasteiger partial charge in [0.2, 0.25) is 11.2 Å². The number of ether oxygens (including phenoxy) is 1. The second-order valence-electron chi connectivity index (χ2n) is 8.99. The van der Waals surface area contributed by atoms with E-state index in [1.165, 1.54) is 13.5 Å². The molecule has 5 nitrogen and oxygen atoms in total. The molecule has 1 aromatic carbocycles. The van der Waals surface area contributed by atoms with Crippen molar-refractivity contribution < 1.29 is 19.4 Å². The van der Waals surface area contributed by atoms with Gasteiger partial charge < -0.3 is 19.4 Å². The highest BCUT2D eigenvalue weighted by molar-refractivity contribution is 5.91. The molecule has 0 aliphatic heterocycles. The highest BCUT2D eigenvalue weighted by Gasteiger charge is 2.29. The van der Waals surface area contributed by atoms with Crippen LogP contribution in [-0.4, -0.2) is 17.3 Å². The third-order valence-electron chi connectivity index (χ3n) is 6.07. The van der Waals surface area contributed by atoms with Gasteiger partial charge >= 0.3 is 0 Å². The van der Waals surface area contributed by atoms with Gasteiger partial charge in [-0.2, -0.15) is 0 Å². The van der Waals surface area contributed by atoms with Gasteiger partial charge in [-0.05, 0) is 53.4 Å². The van der Waals surface area contributed by atoms with Crippen LogP contribution in [0.1, 0.15) is 82.6 Å². The fraction of sp³-hybridized carbons (Fsp3) is 0.500. The Morgan fingerprint density at radius 1 is 0.968 bits per heavy atom. The van der Waals surface area contributed by atoms with Crippen LogP contribution in [0.5, 0.6) is 17.2 Å². The van der Waals surface area contributed by atoms with Crippen molar-refractivity contribution in [1.82, 2.24) is 0 Å². The zero-order valence-corrected chi connectivity index (χ0v) is 19.3. The van der Waals surface area contributed by atoms with Crippen LogP contribution in [-0.2, 0) is 12.8 Å². The number of hydrogen-bond donors (Lipinski definition) is 2. The van der Waals surface area contributed by atoms with Crippen LogP contribution >= 0.6 is 0 Å². The van der Waals surface area contributed by atoms with Gasteiger partial charge in [-0.1, -0.05) is 42.6 Å². The molecule has 0 amide bonds. The SMILES string of the molecule is COc1c(C2CCCCC2)oc2c(CC=C(C)C)c(O)c(CC=C(C)C)c(O)c2c1=O. The number of hydrogen-bond acceptors (Lipinski definition) is 5. The van der Waals surface area contributed by atoms with Crippen molar-refractivity contribution in [2.75, 3.05) is 7.11 Å². The zero-order valence-electron chi connectivity index (χ0n) is 19.3. The standard InChI is InChI=1S/C26H34O5/c1-15(2)11-13-18-21(27)19(14-12-16(3)4)25-20(22(18)28)23(29)26(30-5)24(31-25)17-9-7-6-8-10-17/h11-12,17,27-28H,6-10,13-14H2,1-5H3. The van der Waals surface area contributed by atoms with Crippen molar-refractivity contribution in [3.05, 3.63) is 50.4 Å². The molecule has 1 saturated carbocycles. The predicted octanol–water partition coefficient (Wildman–Crippen LogP) is 6.28. The fourth-order valence-corrected chi connectivity index (χ4v) is 4.34. The minimum Gasteiger partial charge on any atom is -0.507 e. The largest absolute Gasteiger partial charge is 0.507 e. The van der Waals surface area contributed by atoms with Gasteiger partial charge in [0.15, 0.2) is 5.76 Å². The van der Waals surface area contributed by atoms with Gasteiger partial charge in [0, 0.05) is 17.0 Å². The van der Waals surface area contributed by atoms with Crippen LogP contribution < -0.4 is 10.2 Å². The highest BCUT2D eigenvalue weighted by Crippen LogP contribution is 2.44. The zero-order chi connectivity index (χ0) is 22.7. The number of phenols is 2. The van der Waals surface area contributed by atoms with E-state index in [2.05, 4.69) is 0 Å². The van der Waals surface area contributed by atoms with Crippen LogP contribution in [0.3, 0.4) is 0 Å². The number of aromatic hydroxyl groups is 2. The molecule has 1 aliphatic rings. The predicted molar refractivity (Wildman–Crippen MR) is 124 cm³/mol. The molecule has 31 heavy (non-hydrogen) atoms. The minimum atomic E-state index is -0.376. The molecule has 3 rings (SSSR count). The van der Waals surface area contributed by atoms with E-state index in [0.717, 1.165) is 36.8 Å². The summed E-state index contributed by atoms with van der Waals surface area (Å²) in [6.45, 7) is 7.87. The number of allylic oxidation sites excluding steroid dienone is 4. The average molecular weight is 427 g/mol. The van der Waals surface area contributed by atoms with Crippen molar-refractivity contribution in [1.29, 1.82) is 0 Å². The number of fused-ring (bicyclic) bond motifs is 1. The first-order valence-electron chi connectivity index (χ1n) is 11.1. The molecule has 1 fully saturated rings. The van der Waals surface area contributed by atoms with E-state index in [-0.39, 0.29) is 39.6 Å². The highest BCUT2D eigenvalue weighted by atomic mass is 16.5. The average Bonchev–Trinajstić information content (AvgIpc) is 2.73. The first kappa shape index (κ1) is 23.0. The Kier molecular flexibility index (Phi) is 7.14. The van der Waals surface area contributed by atoms with E-state index in [0.29, 0.717) is 29.7 Å². The molecule has 0 atom stereocenters. The molecular weight excluding hydrogens is 392 g/mol. The fourth-order valence-electron chi connectivity index (χ4n) is 4.34. The van der Waals surface area contributed by atoms with E-state index in [9.17, 15) is 15.0 Å². The van der Waals surface area contributed by atoms with Crippen LogP contribution in [0.4, 0.5) is 0 Å². The molecule has 1 aliphatic carbocycles. The molecule has 0 spiro atoms. The molecular formula is C26H34O5. The summed E-state index contributed by atoms with van der Waals surface area (Å²) in [4.78, 5) is 13.5. The van der Waals surface area contributed by atoms with Crippen molar-refractivity contribution in [3.63, 3.8) is 0 Å². The Balaban J connectivity index is 2.37. The summed E-state index contributed by atoms with van der Waals surface area (Å²) in [5.74, 6) is 0.568. The third-order valence-corrected chi connectivity index (χ3v) is 6.07. The monoisotopic (exact) mass is 426 g/mol. The van der Waals surface area contributed by atoms with Gasteiger partial charge in [-0.25, -0.2) is 0 Å². The molecule has 0 radical (unpaired) electrons. The van der Waals surface area contributed by atoms with E-state index in [4.69, 9.17) is 9.15 Å². The number of benzene rings is 1. The summed E-state index contributed by atoms with van der Waals surface area (Å²) in [7, 11) is 1.47. The second kappa shape index (κ2) is 9.63. The van der Waals surface area contributed by atoms with Gasteiger partial charge in [-0.3, -0.25) is 4.79 Å². The second-order valence-corrected chi connectivity index (χ2v) is 8.99. The van der Waals surface area contributed by atoms with Crippen molar-refractivity contribution in [2.45, 2.75) is 78.6 Å². The van der Waals surface area contributed by atoms with Crippen molar-refractivity contribution >= 4 is 11.0 Å². The summed E-state index contributed by atoms with van der Waals surface area (Å²) >= 11 is 0. The summed E-state index contributed by atoms with van der Waals surface area (Å²) in [6.07, 6.45) is 9.85. The first-order chi connectivity index (χ1) is 14.8. The lowest BCUT2D eigenvalue weighted by Gasteiger charge is -2.23. The number of phenolic OH excluding ortho intramolecular Hbond substituents is 2. The molecule has 5 heteroatoms. The van der Waals surface area contributed by atoms with Crippen molar-refractivity contribution in [2.24, 2.45) is 0 Å². The maximum atomic E-state index is 13.5. The Morgan fingerprint density at radius 3 is 2.10 bits per heavy atom. The van der Waals surface area contributed by atoms with Gasteiger partial charge in [0.05, 0.1) is 7.11 Å². The smallest absolute Gasteiger partial charge is 0.238 e. The maximum absolute atomic E-state index is 13.5. The van der Waals surface area contributed by atoms with E-state index in [1.54, 1.807) is 0 Å². The summed E-state index contributed by atoms with van der Waals surface area (Å²) in [5, 5.41) is 22.2. The van der Waals surface area contributed by atoms with Crippen LogP contribution in [0.25, 0.3) is 11.0 Å². The van der Waals surface area contributed by atoms with Gasteiger partial charge in [0.25, 0.3) is 0 Å². The first-order valence-corrected chi connectivity index (χ1v) is 11.1. The normalized spacial score (nSPS) is 14.5. The third kappa shape index (κ3) is 4.65. The lowest BCUT2D eigenvalue weighted by Crippen LogP contribution is -2.15. The van der Waals surface area contributed by atoms with E-state index in [1.807, 2.05) is 39.8 Å². The number of rotatable bonds is 6. The van der Waals surface area contributed by atoms with E-state index < -0.39 is 0 Å². The Bertz CT molecular complexity index is 1070. The topological polar surface area (TPSA) is 79.9 Å². The maximum Gasteiger partial charge on any atom is 0.238 e. The summed E-state index contributed by atoms with van der Waals surface area (Å²) in [6, 6.07) is 0.